The summed E-state index contributed by atoms with van der Waals surface area (Å²) in [7, 11) is 0. The third-order valence-electron chi connectivity index (χ3n) is 2.92. The van der Waals surface area contributed by atoms with Gasteiger partial charge in [0.2, 0.25) is 0 Å². The topological polar surface area (TPSA) is 29.5 Å². The molecule has 1 aromatic carbocycles. The van der Waals surface area contributed by atoms with E-state index in [4.69, 9.17) is 4.74 Å². The van der Waals surface area contributed by atoms with Crippen molar-refractivity contribution in [2.24, 2.45) is 0 Å². The lowest BCUT2D eigenvalue weighted by Crippen LogP contribution is -2.44. The summed E-state index contributed by atoms with van der Waals surface area (Å²) in [5.41, 5.74) is -0.794. The summed E-state index contributed by atoms with van der Waals surface area (Å²) in [6.07, 6.45) is -4.43. The van der Waals surface area contributed by atoms with Crippen LogP contribution in [0.25, 0.3) is 0 Å². The van der Waals surface area contributed by atoms with Gasteiger partial charge in [-0.05, 0) is 45.9 Å². The summed E-state index contributed by atoms with van der Waals surface area (Å²) in [5, 5.41) is 0. The maximum atomic E-state index is 12.6. The highest BCUT2D eigenvalue weighted by Gasteiger charge is 2.30. The van der Waals surface area contributed by atoms with Crippen molar-refractivity contribution in [2.45, 2.75) is 46.0 Å². The van der Waals surface area contributed by atoms with E-state index in [0.717, 1.165) is 12.1 Å². The highest BCUT2D eigenvalue weighted by molar-refractivity contribution is 5.78. The van der Waals surface area contributed by atoms with Gasteiger partial charge >= 0.3 is 6.18 Å². The van der Waals surface area contributed by atoms with Crippen LogP contribution in [-0.4, -0.2) is 29.5 Å². The first kappa shape index (κ1) is 17.3. The third kappa shape index (κ3) is 4.95. The lowest BCUT2D eigenvalue weighted by molar-refractivity contribution is -0.137. The van der Waals surface area contributed by atoms with Gasteiger partial charge in [-0.2, -0.15) is 13.2 Å². The van der Waals surface area contributed by atoms with Crippen LogP contribution in [0.3, 0.4) is 0 Å². The Morgan fingerprint density at radius 2 is 1.76 bits per heavy atom. The molecule has 6 heteroatoms. The first-order chi connectivity index (χ1) is 9.62. The van der Waals surface area contributed by atoms with E-state index in [1.807, 2.05) is 27.7 Å². The first-order valence-corrected chi connectivity index (χ1v) is 6.74. The van der Waals surface area contributed by atoms with E-state index in [1.54, 1.807) is 4.90 Å². The number of nitrogens with zero attached hydrogens (tertiary/aromatic N) is 1. The second kappa shape index (κ2) is 6.83. The van der Waals surface area contributed by atoms with Crippen LogP contribution in [0.4, 0.5) is 13.2 Å². The minimum atomic E-state index is -4.43. The van der Waals surface area contributed by atoms with E-state index in [9.17, 15) is 18.0 Å². The predicted octanol–water partition coefficient (Wildman–Crippen LogP) is 3.73. The average molecular weight is 303 g/mol. The van der Waals surface area contributed by atoms with Gasteiger partial charge < -0.3 is 9.64 Å². The van der Waals surface area contributed by atoms with E-state index in [2.05, 4.69) is 0 Å². The quantitative estimate of drug-likeness (QED) is 0.829. The van der Waals surface area contributed by atoms with E-state index in [-0.39, 0.29) is 30.3 Å². The Morgan fingerprint density at radius 3 is 2.24 bits per heavy atom. The van der Waals surface area contributed by atoms with Crippen molar-refractivity contribution in [3.8, 4) is 5.75 Å². The molecule has 0 aliphatic heterocycles. The summed E-state index contributed by atoms with van der Waals surface area (Å²) in [6, 6.07) is 4.51. The molecule has 0 bridgehead atoms. The number of ether oxygens (including phenoxy) is 1. The van der Waals surface area contributed by atoms with Gasteiger partial charge in [-0.1, -0.05) is 6.07 Å². The molecule has 0 fully saturated rings. The van der Waals surface area contributed by atoms with Crippen LogP contribution in [0, 0.1) is 0 Å². The number of rotatable bonds is 5. The van der Waals surface area contributed by atoms with Gasteiger partial charge in [0.05, 0.1) is 5.56 Å². The second-order valence-corrected chi connectivity index (χ2v) is 5.30. The molecular weight excluding hydrogens is 283 g/mol. The zero-order valence-electron chi connectivity index (χ0n) is 12.6. The number of benzene rings is 1. The van der Waals surface area contributed by atoms with Gasteiger partial charge in [-0.3, -0.25) is 4.79 Å². The summed E-state index contributed by atoms with van der Waals surface area (Å²) < 4.78 is 42.9. The van der Waals surface area contributed by atoms with Gasteiger partial charge in [0.1, 0.15) is 5.75 Å². The summed E-state index contributed by atoms with van der Waals surface area (Å²) in [4.78, 5) is 13.7. The summed E-state index contributed by atoms with van der Waals surface area (Å²) >= 11 is 0. The van der Waals surface area contributed by atoms with Crippen molar-refractivity contribution >= 4 is 5.91 Å². The number of carbonyl (C=O) groups excluding carboxylic acids is 1. The maximum Gasteiger partial charge on any atom is 0.416 e. The van der Waals surface area contributed by atoms with Crippen molar-refractivity contribution in [3.63, 3.8) is 0 Å². The Balaban J connectivity index is 2.73. The normalized spacial score (nSPS) is 11.9. The highest BCUT2D eigenvalue weighted by atomic mass is 19.4. The zero-order chi connectivity index (χ0) is 16.2. The Morgan fingerprint density at radius 1 is 1.19 bits per heavy atom. The second-order valence-electron chi connectivity index (χ2n) is 5.30. The van der Waals surface area contributed by atoms with Crippen LogP contribution < -0.4 is 4.74 Å². The molecule has 1 amide bonds. The molecule has 0 heterocycles. The molecule has 0 aliphatic carbocycles. The number of amides is 1. The molecule has 0 aromatic heterocycles. The van der Waals surface area contributed by atoms with Crippen LogP contribution in [0.2, 0.25) is 0 Å². The van der Waals surface area contributed by atoms with E-state index in [1.165, 1.54) is 12.1 Å². The van der Waals surface area contributed by atoms with E-state index in [0.29, 0.717) is 0 Å². The van der Waals surface area contributed by atoms with Crippen LogP contribution in [0.5, 0.6) is 5.75 Å². The van der Waals surface area contributed by atoms with E-state index >= 15 is 0 Å². The Kier molecular flexibility index (Phi) is 5.63. The molecule has 0 radical (unpaired) electrons. The number of carbonyl (C=O) groups is 1. The van der Waals surface area contributed by atoms with Crippen LogP contribution >= 0.6 is 0 Å². The fraction of sp³-hybridized carbons (Fsp3) is 0.533. The predicted molar refractivity (Wildman–Crippen MR) is 74.1 cm³/mol. The third-order valence-corrected chi connectivity index (χ3v) is 2.92. The summed E-state index contributed by atoms with van der Waals surface area (Å²) in [6.45, 7) is 7.23. The van der Waals surface area contributed by atoms with Crippen molar-refractivity contribution in [2.75, 3.05) is 6.61 Å². The summed E-state index contributed by atoms with van der Waals surface area (Å²) in [5.74, 6) is -0.219. The monoisotopic (exact) mass is 303 g/mol. The van der Waals surface area contributed by atoms with Crippen LogP contribution in [-0.2, 0) is 11.0 Å². The molecule has 0 N–H and O–H groups in total. The average Bonchev–Trinajstić information content (AvgIpc) is 2.35. The minimum absolute atomic E-state index is 0.00242. The molecule has 0 unspecified atom stereocenters. The maximum absolute atomic E-state index is 12.6. The van der Waals surface area contributed by atoms with Crippen LogP contribution in [0.15, 0.2) is 24.3 Å². The number of hydrogen-bond acceptors (Lipinski definition) is 2. The number of halogens is 3. The molecule has 0 saturated carbocycles. The lowest BCUT2D eigenvalue weighted by atomic mass is 10.2. The lowest BCUT2D eigenvalue weighted by Gasteiger charge is -2.30. The fourth-order valence-electron chi connectivity index (χ4n) is 2.15. The molecule has 1 rings (SSSR count). The van der Waals surface area contributed by atoms with Crippen LogP contribution in [0.1, 0.15) is 33.3 Å². The Bertz CT molecular complexity index is 476. The molecule has 118 valence electrons. The van der Waals surface area contributed by atoms with Crippen molar-refractivity contribution in [3.05, 3.63) is 29.8 Å². The zero-order valence-corrected chi connectivity index (χ0v) is 12.6. The van der Waals surface area contributed by atoms with Gasteiger partial charge in [-0.15, -0.1) is 0 Å². The van der Waals surface area contributed by atoms with Gasteiger partial charge in [0.15, 0.2) is 6.61 Å². The van der Waals surface area contributed by atoms with Gasteiger partial charge in [0.25, 0.3) is 5.91 Å². The number of hydrogen-bond donors (Lipinski definition) is 0. The highest BCUT2D eigenvalue weighted by Crippen LogP contribution is 2.31. The molecule has 0 aliphatic rings. The largest absolute Gasteiger partial charge is 0.484 e. The number of alkyl halides is 3. The van der Waals surface area contributed by atoms with Crippen molar-refractivity contribution in [1.29, 1.82) is 0 Å². The Labute approximate surface area is 122 Å². The van der Waals surface area contributed by atoms with E-state index < -0.39 is 11.7 Å². The van der Waals surface area contributed by atoms with Crippen molar-refractivity contribution < 1.29 is 22.7 Å². The van der Waals surface area contributed by atoms with Gasteiger partial charge in [-0.25, -0.2) is 0 Å². The Hall–Kier alpha value is -1.72. The first-order valence-electron chi connectivity index (χ1n) is 6.74. The molecule has 0 saturated heterocycles. The smallest absolute Gasteiger partial charge is 0.416 e. The van der Waals surface area contributed by atoms with Gasteiger partial charge in [0, 0.05) is 12.1 Å². The molecule has 0 spiro atoms. The molecule has 0 atom stereocenters. The minimum Gasteiger partial charge on any atom is -0.484 e. The SMILES string of the molecule is CC(C)N(C(=O)COc1cccc(C(F)(F)F)c1)C(C)C. The molecular formula is C15H20F3NO2. The van der Waals surface area contributed by atoms with Crippen molar-refractivity contribution in [1.82, 2.24) is 4.90 Å². The fourth-order valence-corrected chi connectivity index (χ4v) is 2.15. The standard InChI is InChI=1S/C15H20F3NO2/c1-10(2)19(11(3)4)14(20)9-21-13-7-5-6-12(8-13)15(16,17)18/h5-8,10-11H,9H2,1-4H3. The molecule has 21 heavy (non-hydrogen) atoms. The molecule has 3 nitrogen and oxygen atoms in total. The molecule has 1 aromatic rings.